The Kier molecular flexibility index (Phi) is 2.43. The molecule has 6 nitrogen and oxygen atoms in total. The normalized spacial score (nSPS) is 32.7. The number of carbonyl (C=O) groups excluding carboxylic acids is 1. The van der Waals surface area contributed by atoms with Gasteiger partial charge in [0.2, 0.25) is 5.91 Å². The van der Waals surface area contributed by atoms with Gasteiger partial charge >= 0.3 is 5.97 Å². The van der Waals surface area contributed by atoms with E-state index in [1.54, 1.807) is 0 Å². The first-order chi connectivity index (χ1) is 8.66. The number of nitrogens with one attached hydrogen (secondary N) is 1. The molecule has 1 heterocycles. The van der Waals surface area contributed by atoms with Gasteiger partial charge in [-0.05, 0) is 18.3 Å². The quantitative estimate of drug-likeness (QED) is 0.782. The van der Waals surface area contributed by atoms with Gasteiger partial charge in [-0.15, -0.1) is 0 Å². The maximum atomic E-state index is 12.1. The van der Waals surface area contributed by atoms with Crippen molar-refractivity contribution in [2.75, 3.05) is 5.32 Å². The van der Waals surface area contributed by atoms with Crippen molar-refractivity contribution in [1.82, 2.24) is 5.16 Å². The summed E-state index contributed by atoms with van der Waals surface area (Å²) in [7, 11) is 0. The highest BCUT2D eigenvalue weighted by molar-refractivity contribution is 5.96. The molecule has 3 rings (SSSR count). The second-order valence-corrected chi connectivity index (χ2v) is 4.74. The van der Waals surface area contributed by atoms with Gasteiger partial charge in [0.1, 0.15) is 12.0 Å². The Morgan fingerprint density at radius 1 is 1.33 bits per heavy atom. The van der Waals surface area contributed by atoms with Crippen LogP contribution in [-0.4, -0.2) is 22.1 Å². The van der Waals surface area contributed by atoms with E-state index < -0.39 is 17.8 Å². The van der Waals surface area contributed by atoms with Crippen LogP contribution in [0.1, 0.15) is 6.42 Å². The molecule has 4 atom stereocenters. The maximum Gasteiger partial charge on any atom is 0.307 e. The Bertz CT molecular complexity index is 508. The molecule has 2 aliphatic rings. The SMILES string of the molecule is O=C(O)[C@@H]1C2C=CC(C2)[C@@H]1C(=O)Nc1cnoc1. The van der Waals surface area contributed by atoms with Crippen LogP contribution in [0.4, 0.5) is 5.69 Å². The predicted molar refractivity (Wildman–Crippen MR) is 60.5 cm³/mol. The van der Waals surface area contributed by atoms with Crippen molar-refractivity contribution in [2.24, 2.45) is 23.7 Å². The molecule has 0 aromatic carbocycles. The standard InChI is InChI=1S/C12H12N2O4/c15-11(14-8-4-13-18-5-8)9-6-1-2-7(3-6)10(9)12(16)17/h1-2,4-7,9-10H,3H2,(H,14,15)(H,16,17)/t6?,7?,9-,10+/m0/s1. The van der Waals surface area contributed by atoms with Gasteiger partial charge < -0.3 is 14.9 Å². The number of amides is 1. The highest BCUT2D eigenvalue weighted by atomic mass is 16.5. The van der Waals surface area contributed by atoms with E-state index >= 15 is 0 Å². The van der Waals surface area contributed by atoms with Crippen LogP contribution in [0, 0.1) is 23.7 Å². The third-order valence-electron chi connectivity index (χ3n) is 3.75. The number of carboxylic acid groups (broad SMARTS) is 1. The zero-order valence-corrected chi connectivity index (χ0v) is 9.45. The number of fused-ring (bicyclic) bond motifs is 2. The van der Waals surface area contributed by atoms with E-state index in [1.165, 1.54) is 12.5 Å². The van der Waals surface area contributed by atoms with Gasteiger partial charge in [-0.1, -0.05) is 17.3 Å². The molecule has 2 aliphatic carbocycles. The van der Waals surface area contributed by atoms with Crippen LogP contribution in [0.25, 0.3) is 0 Å². The molecule has 2 bridgehead atoms. The Balaban J connectivity index is 1.80. The summed E-state index contributed by atoms with van der Waals surface area (Å²) in [6, 6.07) is 0. The fourth-order valence-electron chi connectivity index (χ4n) is 3.01. The lowest BCUT2D eigenvalue weighted by Crippen LogP contribution is -2.36. The van der Waals surface area contributed by atoms with Gasteiger partial charge in [-0.2, -0.15) is 0 Å². The number of rotatable bonds is 3. The first-order valence-corrected chi connectivity index (χ1v) is 5.78. The lowest BCUT2D eigenvalue weighted by Gasteiger charge is -2.23. The number of hydrogen-bond donors (Lipinski definition) is 2. The monoisotopic (exact) mass is 248 g/mol. The Morgan fingerprint density at radius 2 is 2.06 bits per heavy atom. The average Bonchev–Trinajstić information content (AvgIpc) is 3.03. The third kappa shape index (κ3) is 1.61. The number of aliphatic carboxylic acids is 1. The van der Waals surface area contributed by atoms with E-state index in [2.05, 4.69) is 15.0 Å². The van der Waals surface area contributed by atoms with Crippen molar-refractivity contribution in [1.29, 1.82) is 0 Å². The van der Waals surface area contributed by atoms with E-state index in [9.17, 15) is 14.7 Å². The predicted octanol–water partition coefficient (Wildman–Crippen LogP) is 1.14. The molecular weight excluding hydrogens is 236 g/mol. The number of aromatic nitrogens is 1. The largest absolute Gasteiger partial charge is 0.481 e. The molecular formula is C12H12N2O4. The smallest absolute Gasteiger partial charge is 0.307 e. The minimum Gasteiger partial charge on any atom is -0.481 e. The number of carboxylic acids is 1. The molecule has 18 heavy (non-hydrogen) atoms. The molecule has 6 heteroatoms. The summed E-state index contributed by atoms with van der Waals surface area (Å²) in [5.41, 5.74) is 0.455. The molecule has 0 spiro atoms. The second kappa shape index (κ2) is 3.97. The lowest BCUT2D eigenvalue weighted by atomic mass is 9.82. The van der Waals surface area contributed by atoms with Crippen LogP contribution in [0.5, 0.6) is 0 Å². The van der Waals surface area contributed by atoms with Gasteiger partial charge in [-0.25, -0.2) is 0 Å². The van der Waals surface area contributed by atoms with Crippen molar-refractivity contribution < 1.29 is 19.2 Å². The summed E-state index contributed by atoms with van der Waals surface area (Å²) in [6.07, 6.45) is 7.31. The maximum absolute atomic E-state index is 12.1. The fraction of sp³-hybridized carbons (Fsp3) is 0.417. The number of allylic oxidation sites excluding steroid dienone is 2. The van der Waals surface area contributed by atoms with Crippen molar-refractivity contribution in [3.8, 4) is 0 Å². The summed E-state index contributed by atoms with van der Waals surface area (Å²) in [4.78, 5) is 23.4. The van der Waals surface area contributed by atoms with Crippen LogP contribution in [0.15, 0.2) is 29.1 Å². The van der Waals surface area contributed by atoms with Crippen LogP contribution < -0.4 is 5.32 Å². The minimum atomic E-state index is -0.905. The van der Waals surface area contributed by atoms with Crippen LogP contribution in [0.2, 0.25) is 0 Å². The van der Waals surface area contributed by atoms with E-state index in [-0.39, 0.29) is 17.7 Å². The first-order valence-electron chi connectivity index (χ1n) is 5.78. The molecule has 2 N–H and O–H groups in total. The molecule has 1 fully saturated rings. The van der Waals surface area contributed by atoms with Crippen molar-refractivity contribution in [3.05, 3.63) is 24.6 Å². The van der Waals surface area contributed by atoms with Gasteiger partial charge in [0, 0.05) is 0 Å². The third-order valence-corrected chi connectivity index (χ3v) is 3.75. The van der Waals surface area contributed by atoms with Crippen LogP contribution in [-0.2, 0) is 9.59 Å². The van der Waals surface area contributed by atoms with E-state index in [0.29, 0.717) is 5.69 Å². The molecule has 2 unspecified atom stereocenters. The van der Waals surface area contributed by atoms with Crippen LogP contribution >= 0.6 is 0 Å². The fourth-order valence-corrected chi connectivity index (χ4v) is 3.01. The zero-order chi connectivity index (χ0) is 12.7. The highest BCUT2D eigenvalue weighted by Crippen LogP contribution is 2.48. The molecule has 0 saturated heterocycles. The van der Waals surface area contributed by atoms with Gasteiger partial charge in [-0.3, -0.25) is 9.59 Å². The molecule has 1 aromatic rings. The van der Waals surface area contributed by atoms with E-state index in [1.807, 2.05) is 12.2 Å². The number of hydrogen-bond acceptors (Lipinski definition) is 4. The molecule has 1 aromatic heterocycles. The first kappa shape index (κ1) is 11.0. The Labute approximate surface area is 103 Å². The van der Waals surface area contributed by atoms with E-state index in [0.717, 1.165) is 6.42 Å². The molecule has 1 amide bonds. The number of carbonyl (C=O) groups is 2. The molecule has 0 radical (unpaired) electrons. The number of nitrogens with zero attached hydrogens (tertiary/aromatic N) is 1. The Morgan fingerprint density at radius 3 is 2.67 bits per heavy atom. The van der Waals surface area contributed by atoms with Crippen molar-refractivity contribution in [2.45, 2.75) is 6.42 Å². The summed E-state index contributed by atoms with van der Waals surface area (Å²) in [5, 5.41) is 15.4. The second-order valence-electron chi connectivity index (χ2n) is 4.74. The molecule has 0 aliphatic heterocycles. The van der Waals surface area contributed by atoms with Crippen molar-refractivity contribution in [3.63, 3.8) is 0 Å². The van der Waals surface area contributed by atoms with Gasteiger partial charge in [0.05, 0.1) is 18.0 Å². The summed E-state index contributed by atoms with van der Waals surface area (Å²) in [5.74, 6) is -2.31. The summed E-state index contributed by atoms with van der Waals surface area (Å²) in [6.45, 7) is 0. The Hall–Kier alpha value is -2.11. The lowest BCUT2D eigenvalue weighted by molar-refractivity contribution is -0.146. The molecule has 1 saturated carbocycles. The number of anilines is 1. The summed E-state index contributed by atoms with van der Waals surface area (Å²) >= 11 is 0. The van der Waals surface area contributed by atoms with Crippen molar-refractivity contribution >= 4 is 17.6 Å². The highest BCUT2D eigenvalue weighted by Gasteiger charge is 2.51. The zero-order valence-electron chi connectivity index (χ0n) is 9.45. The molecule has 94 valence electrons. The average molecular weight is 248 g/mol. The summed E-state index contributed by atoms with van der Waals surface area (Å²) < 4.78 is 4.62. The van der Waals surface area contributed by atoms with Gasteiger partial charge in [0.15, 0.2) is 0 Å². The topological polar surface area (TPSA) is 92.4 Å². The van der Waals surface area contributed by atoms with Gasteiger partial charge in [0.25, 0.3) is 0 Å². The van der Waals surface area contributed by atoms with Crippen LogP contribution in [0.3, 0.4) is 0 Å². The van der Waals surface area contributed by atoms with E-state index in [4.69, 9.17) is 0 Å². The minimum absolute atomic E-state index is 0.0225.